The summed E-state index contributed by atoms with van der Waals surface area (Å²) in [5.74, 6) is -1.70. The minimum atomic E-state index is -1.31. The number of aryl methyl sites for hydroxylation is 1. The van der Waals surface area contributed by atoms with Gasteiger partial charge in [0.1, 0.15) is 11.1 Å². The average molecular weight is 292 g/mol. The molecule has 0 spiro atoms. The number of likely N-dealkylation sites (tertiary alicyclic amines) is 1. The predicted octanol–water partition coefficient (Wildman–Crippen LogP) is 1.98. The molecule has 7 nitrogen and oxygen atoms in total. The van der Waals surface area contributed by atoms with Crippen molar-refractivity contribution < 1.29 is 19.6 Å². The highest BCUT2D eigenvalue weighted by atomic mass is 16.6. The largest absolute Gasteiger partial charge is 0.480 e. The van der Waals surface area contributed by atoms with E-state index in [0.717, 1.165) is 0 Å². The summed E-state index contributed by atoms with van der Waals surface area (Å²) in [6, 6.07) is 4.48. The van der Waals surface area contributed by atoms with E-state index >= 15 is 0 Å². The van der Waals surface area contributed by atoms with E-state index in [1.165, 1.54) is 17.9 Å². The van der Waals surface area contributed by atoms with Crippen molar-refractivity contribution in [2.45, 2.75) is 32.2 Å². The lowest BCUT2D eigenvalue weighted by Gasteiger charge is -2.31. The second kappa shape index (κ2) is 5.16. The van der Waals surface area contributed by atoms with Crippen LogP contribution in [0.4, 0.5) is 5.69 Å². The number of rotatable bonds is 3. The molecule has 1 aliphatic heterocycles. The molecule has 1 amide bonds. The molecule has 2 rings (SSSR count). The molecule has 0 aliphatic carbocycles. The van der Waals surface area contributed by atoms with Crippen LogP contribution in [0, 0.1) is 17.0 Å². The molecule has 0 aromatic heterocycles. The van der Waals surface area contributed by atoms with Gasteiger partial charge in [0.05, 0.1) is 4.92 Å². The molecule has 112 valence electrons. The standard InChI is InChI=1S/C14H16N2O5/c1-9-5-3-6-10(11(9)16(20)21)12(17)15-8-4-7-14(15,2)13(18)19/h3,5-6H,4,7-8H2,1-2H3,(H,18,19). The van der Waals surface area contributed by atoms with E-state index in [1.807, 2.05) is 0 Å². The van der Waals surface area contributed by atoms with Gasteiger partial charge in [-0.2, -0.15) is 0 Å². The number of carboxylic acid groups (broad SMARTS) is 1. The fourth-order valence-corrected chi connectivity index (χ4v) is 2.73. The van der Waals surface area contributed by atoms with Crippen molar-refractivity contribution in [3.63, 3.8) is 0 Å². The zero-order valence-corrected chi connectivity index (χ0v) is 11.8. The van der Waals surface area contributed by atoms with Crippen molar-refractivity contribution in [2.75, 3.05) is 6.54 Å². The van der Waals surface area contributed by atoms with Crippen LogP contribution in [0.2, 0.25) is 0 Å². The minimum Gasteiger partial charge on any atom is -0.480 e. The Morgan fingerprint density at radius 1 is 1.43 bits per heavy atom. The predicted molar refractivity (Wildman–Crippen MR) is 74.1 cm³/mol. The number of aliphatic carboxylic acids is 1. The van der Waals surface area contributed by atoms with Gasteiger partial charge in [-0.25, -0.2) is 4.79 Å². The first kappa shape index (κ1) is 15.0. The zero-order chi connectivity index (χ0) is 15.8. The third kappa shape index (κ3) is 2.35. The van der Waals surface area contributed by atoms with E-state index < -0.39 is 22.3 Å². The number of amides is 1. The minimum absolute atomic E-state index is 0.0608. The molecule has 1 heterocycles. The second-order valence-corrected chi connectivity index (χ2v) is 5.37. The van der Waals surface area contributed by atoms with Gasteiger partial charge in [-0.05, 0) is 32.8 Å². The second-order valence-electron chi connectivity index (χ2n) is 5.37. The monoisotopic (exact) mass is 292 g/mol. The van der Waals surface area contributed by atoms with Crippen LogP contribution in [0.25, 0.3) is 0 Å². The SMILES string of the molecule is Cc1cccc(C(=O)N2CCCC2(C)C(=O)O)c1[N+](=O)[O-]. The average Bonchev–Trinajstić information content (AvgIpc) is 2.80. The number of para-hydroxylation sites is 1. The van der Waals surface area contributed by atoms with E-state index in [4.69, 9.17) is 0 Å². The zero-order valence-electron chi connectivity index (χ0n) is 11.8. The van der Waals surface area contributed by atoms with Crippen molar-refractivity contribution in [3.05, 3.63) is 39.4 Å². The number of benzene rings is 1. The molecule has 21 heavy (non-hydrogen) atoms. The molecule has 1 atom stereocenters. The molecule has 1 unspecified atom stereocenters. The van der Waals surface area contributed by atoms with Crippen molar-refractivity contribution >= 4 is 17.6 Å². The Morgan fingerprint density at radius 2 is 2.10 bits per heavy atom. The number of nitro groups is 1. The number of carboxylic acids is 1. The third-order valence-electron chi connectivity index (χ3n) is 4.00. The van der Waals surface area contributed by atoms with Crippen LogP contribution < -0.4 is 0 Å². The van der Waals surface area contributed by atoms with Gasteiger partial charge >= 0.3 is 5.97 Å². The van der Waals surface area contributed by atoms with Crippen LogP contribution >= 0.6 is 0 Å². The number of carbonyl (C=O) groups excluding carboxylic acids is 1. The summed E-state index contributed by atoms with van der Waals surface area (Å²) in [7, 11) is 0. The molecular formula is C14H16N2O5. The maximum atomic E-state index is 12.6. The number of carbonyl (C=O) groups is 2. The molecule has 1 aliphatic rings. The molecular weight excluding hydrogens is 276 g/mol. The molecule has 0 radical (unpaired) electrons. The number of nitro benzene ring substituents is 1. The maximum absolute atomic E-state index is 12.6. The van der Waals surface area contributed by atoms with Crippen LogP contribution in [0.5, 0.6) is 0 Å². The van der Waals surface area contributed by atoms with Crippen molar-refractivity contribution in [1.29, 1.82) is 0 Å². The molecule has 1 N–H and O–H groups in total. The topological polar surface area (TPSA) is 101 Å². The summed E-state index contributed by atoms with van der Waals surface area (Å²) in [6.07, 6.45) is 0.905. The Morgan fingerprint density at radius 3 is 2.67 bits per heavy atom. The normalized spacial score (nSPS) is 21.3. The van der Waals surface area contributed by atoms with E-state index in [-0.39, 0.29) is 17.8 Å². The number of nitrogens with zero attached hydrogens (tertiary/aromatic N) is 2. The first-order valence-electron chi connectivity index (χ1n) is 6.58. The Kier molecular flexibility index (Phi) is 3.67. The quantitative estimate of drug-likeness (QED) is 0.678. The van der Waals surface area contributed by atoms with Crippen LogP contribution in [0.3, 0.4) is 0 Å². The summed E-state index contributed by atoms with van der Waals surface area (Å²) in [4.78, 5) is 35.8. The Balaban J connectivity index is 2.49. The molecule has 7 heteroatoms. The lowest BCUT2D eigenvalue weighted by molar-refractivity contribution is -0.385. The van der Waals surface area contributed by atoms with Crippen molar-refractivity contribution in [1.82, 2.24) is 4.90 Å². The smallest absolute Gasteiger partial charge is 0.329 e. The highest BCUT2D eigenvalue weighted by Crippen LogP contribution is 2.33. The molecule has 0 saturated carbocycles. The molecule has 1 aromatic carbocycles. The van der Waals surface area contributed by atoms with Crippen LogP contribution in [0.1, 0.15) is 35.7 Å². The van der Waals surface area contributed by atoms with Gasteiger partial charge < -0.3 is 10.0 Å². The van der Waals surface area contributed by atoms with Gasteiger partial charge in [0.2, 0.25) is 0 Å². The summed E-state index contributed by atoms with van der Waals surface area (Å²) in [6.45, 7) is 3.31. The molecule has 1 fully saturated rings. The van der Waals surface area contributed by atoms with Gasteiger partial charge in [0.25, 0.3) is 11.6 Å². The number of hydrogen-bond donors (Lipinski definition) is 1. The van der Waals surface area contributed by atoms with Gasteiger partial charge in [0, 0.05) is 12.1 Å². The lowest BCUT2D eigenvalue weighted by Crippen LogP contribution is -2.50. The van der Waals surface area contributed by atoms with Gasteiger partial charge in [0.15, 0.2) is 0 Å². The highest BCUT2D eigenvalue weighted by Gasteiger charge is 2.47. The number of hydrogen-bond acceptors (Lipinski definition) is 4. The van der Waals surface area contributed by atoms with Crippen LogP contribution in [-0.2, 0) is 4.79 Å². The summed E-state index contributed by atoms with van der Waals surface area (Å²) in [5.41, 5.74) is -1.26. The van der Waals surface area contributed by atoms with Crippen LogP contribution in [0.15, 0.2) is 18.2 Å². The van der Waals surface area contributed by atoms with E-state index in [0.29, 0.717) is 18.4 Å². The molecule has 1 aromatic rings. The first-order valence-corrected chi connectivity index (χ1v) is 6.58. The van der Waals surface area contributed by atoms with E-state index in [9.17, 15) is 24.8 Å². The Hall–Kier alpha value is -2.44. The molecule has 1 saturated heterocycles. The highest BCUT2D eigenvalue weighted by molar-refractivity contribution is 6.01. The fourth-order valence-electron chi connectivity index (χ4n) is 2.73. The van der Waals surface area contributed by atoms with Crippen LogP contribution in [-0.4, -0.2) is 38.9 Å². The maximum Gasteiger partial charge on any atom is 0.329 e. The van der Waals surface area contributed by atoms with Gasteiger partial charge in [-0.15, -0.1) is 0 Å². The molecule has 0 bridgehead atoms. The first-order chi connectivity index (χ1) is 9.79. The Bertz CT molecular complexity index is 628. The van der Waals surface area contributed by atoms with Crippen molar-refractivity contribution in [3.8, 4) is 0 Å². The summed E-state index contributed by atoms with van der Waals surface area (Å²) >= 11 is 0. The van der Waals surface area contributed by atoms with Gasteiger partial charge in [-0.3, -0.25) is 14.9 Å². The van der Waals surface area contributed by atoms with Gasteiger partial charge in [-0.1, -0.05) is 12.1 Å². The van der Waals surface area contributed by atoms with E-state index in [2.05, 4.69) is 0 Å². The Labute approximate surface area is 121 Å². The summed E-state index contributed by atoms with van der Waals surface area (Å²) in [5, 5.41) is 20.5. The third-order valence-corrected chi connectivity index (χ3v) is 4.00. The van der Waals surface area contributed by atoms with Crippen molar-refractivity contribution in [2.24, 2.45) is 0 Å². The fraction of sp³-hybridized carbons (Fsp3) is 0.429. The van der Waals surface area contributed by atoms with E-state index in [1.54, 1.807) is 19.1 Å². The lowest BCUT2D eigenvalue weighted by atomic mass is 9.98. The summed E-state index contributed by atoms with van der Waals surface area (Å²) < 4.78 is 0.